The highest BCUT2D eigenvalue weighted by Gasteiger charge is 2.53. The highest BCUT2D eigenvalue weighted by molar-refractivity contribution is 7.26. The Morgan fingerprint density at radius 2 is 2.09 bits per heavy atom. The lowest BCUT2D eigenvalue weighted by atomic mass is 9.96. The number of fused-ring (bicyclic) bond motifs is 2. The zero-order chi connectivity index (χ0) is 23.2. The molecule has 2 aromatic heterocycles. The van der Waals surface area contributed by atoms with Gasteiger partial charge in [-0.05, 0) is 18.4 Å². The molecule has 2 aromatic carbocycles. The van der Waals surface area contributed by atoms with E-state index in [0.29, 0.717) is 5.75 Å². The minimum absolute atomic E-state index is 0.0280. The number of imidazole rings is 1. The second kappa shape index (κ2) is 8.36. The van der Waals surface area contributed by atoms with Gasteiger partial charge in [0, 0.05) is 5.39 Å². The van der Waals surface area contributed by atoms with E-state index in [1.807, 2.05) is 42.5 Å². The smallest absolute Gasteiger partial charge is 0.280 e. The average Bonchev–Trinajstić information content (AvgIpc) is 3.30. The summed E-state index contributed by atoms with van der Waals surface area (Å²) in [5.41, 5.74) is 3.60. The van der Waals surface area contributed by atoms with E-state index in [0.717, 1.165) is 10.8 Å². The van der Waals surface area contributed by atoms with Crippen LogP contribution in [-0.2, 0) is 9.26 Å². The Balaban J connectivity index is 1.28. The van der Waals surface area contributed by atoms with Gasteiger partial charge in [-0.1, -0.05) is 36.4 Å². The number of aromatic nitrogens is 4. The molecule has 5 N–H and O–H groups in total. The Morgan fingerprint density at radius 3 is 2.94 bits per heavy atom. The van der Waals surface area contributed by atoms with Crippen LogP contribution in [0.15, 0.2) is 53.6 Å². The molecule has 5 rings (SSSR count). The molecule has 3 heterocycles. The van der Waals surface area contributed by atoms with Crippen LogP contribution in [-0.4, -0.2) is 54.1 Å². The van der Waals surface area contributed by atoms with Crippen molar-refractivity contribution in [3.05, 3.63) is 59.1 Å². The molecule has 0 amide bonds. The Labute approximate surface area is 189 Å². The third kappa shape index (κ3) is 3.84. The van der Waals surface area contributed by atoms with Crippen LogP contribution in [0.25, 0.3) is 21.9 Å². The first-order chi connectivity index (χ1) is 15.9. The monoisotopic (exact) mass is 471 g/mol. The molecule has 0 spiro atoms. The Bertz CT molecular complexity index is 1370. The van der Waals surface area contributed by atoms with Crippen molar-refractivity contribution in [3.8, 4) is 5.75 Å². The van der Waals surface area contributed by atoms with Crippen molar-refractivity contribution in [2.75, 3.05) is 12.3 Å². The molecule has 0 saturated carbocycles. The van der Waals surface area contributed by atoms with Gasteiger partial charge in [0.05, 0.1) is 12.9 Å². The number of rotatable bonds is 6. The van der Waals surface area contributed by atoms with Gasteiger partial charge in [0.1, 0.15) is 23.6 Å². The first kappa shape index (κ1) is 21.7. The summed E-state index contributed by atoms with van der Waals surface area (Å²) in [6.07, 6.45) is -1.89. The molecule has 1 saturated heterocycles. The predicted octanol–water partition coefficient (Wildman–Crippen LogP) is 1.47. The number of nitrogen functional groups attached to an aromatic ring is 1. The van der Waals surface area contributed by atoms with Gasteiger partial charge in [-0.25, -0.2) is 4.98 Å². The predicted molar refractivity (Wildman–Crippen MR) is 122 cm³/mol. The quantitative estimate of drug-likeness (QED) is 0.241. The van der Waals surface area contributed by atoms with Crippen LogP contribution >= 0.6 is 9.03 Å². The van der Waals surface area contributed by atoms with E-state index < -0.39 is 29.6 Å². The fourth-order valence-corrected chi connectivity index (χ4v) is 4.53. The molecule has 3 unspecified atom stereocenters. The summed E-state index contributed by atoms with van der Waals surface area (Å²) >= 11 is 0. The summed E-state index contributed by atoms with van der Waals surface area (Å²) in [4.78, 5) is 22.5. The summed E-state index contributed by atoms with van der Waals surface area (Å²) in [5.74, 6) is 0.585. The third-order valence-corrected chi connectivity index (χ3v) is 6.25. The number of H-pyrrole nitrogens is 1. The van der Waals surface area contributed by atoms with Crippen molar-refractivity contribution in [2.45, 2.75) is 31.0 Å². The first-order valence-corrected chi connectivity index (χ1v) is 11.0. The van der Waals surface area contributed by atoms with Crippen LogP contribution in [0.5, 0.6) is 5.75 Å². The zero-order valence-corrected chi connectivity index (χ0v) is 18.5. The number of nitrogens with two attached hydrogens (primary N) is 1. The van der Waals surface area contributed by atoms with Crippen LogP contribution in [0.2, 0.25) is 0 Å². The fraction of sp³-hybridized carbons (Fsp3) is 0.286. The van der Waals surface area contributed by atoms with Crippen molar-refractivity contribution in [3.63, 3.8) is 0 Å². The average molecular weight is 471 g/mol. The molecule has 0 radical (unpaired) electrons. The summed E-state index contributed by atoms with van der Waals surface area (Å²) in [5, 5.41) is 23.7. The Morgan fingerprint density at radius 1 is 1.30 bits per heavy atom. The number of aromatic amines is 1. The van der Waals surface area contributed by atoms with Gasteiger partial charge >= 0.3 is 0 Å². The lowest BCUT2D eigenvalue weighted by molar-refractivity contribution is -0.0947. The standard InChI is InChI=1S/C21H22N5O6P/c1-21(29)16(27)14(9-30-33-32-13-8-4-6-11-5-2-3-7-12(11)13)31-19(21)26-10-23-15-17(26)24-20(22)25-18(15)28/h2-8,10,14,16,19,27,29,33H,9H2,1H3,(H3,22,24,25,28)/t14-,16?,19-,21?/m1/s1. The minimum atomic E-state index is -1.71. The van der Waals surface area contributed by atoms with E-state index in [2.05, 4.69) is 15.0 Å². The van der Waals surface area contributed by atoms with Crippen LogP contribution in [0.4, 0.5) is 5.95 Å². The second-order valence-electron chi connectivity index (χ2n) is 7.95. The van der Waals surface area contributed by atoms with Crippen molar-refractivity contribution < 1.29 is 24.0 Å². The lowest BCUT2D eigenvalue weighted by Gasteiger charge is -2.27. The molecule has 0 bridgehead atoms. The maximum atomic E-state index is 12.1. The molecule has 4 aromatic rings. The maximum absolute atomic E-state index is 12.1. The number of hydrogen-bond donors (Lipinski definition) is 4. The number of benzene rings is 2. The van der Waals surface area contributed by atoms with Crippen molar-refractivity contribution in [1.82, 2.24) is 19.5 Å². The number of hydrogen-bond acceptors (Lipinski definition) is 9. The molecular weight excluding hydrogens is 449 g/mol. The van der Waals surface area contributed by atoms with E-state index in [4.69, 9.17) is 19.5 Å². The molecule has 12 heteroatoms. The van der Waals surface area contributed by atoms with Crippen LogP contribution in [0, 0.1) is 0 Å². The SMILES string of the molecule is CC1(O)C(O)[C@@H](COPOc2cccc3ccccc23)O[C@H]1n1cnc2c(=O)[nH]c(N)nc21. The topological polar surface area (TPSA) is 158 Å². The van der Waals surface area contributed by atoms with Gasteiger partial charge in [0.15, 0.2) is 17.4 Å². The van der Waals surface area contributed by atoms with Gasteiger partial charge in [-0.15, -0.1) is 0 Å². The number of nitrogens with zero attached hydrogens (tertiary/aromatic N) is 3. The van der Waals surface area contributed by atoms with Crippen molar-refractivity contribution in [1.29, 1.82) is 0 Å². The third-order valence-electron chi connectivity index (χ3n) is 5.67. The molecule has 0 aliphatic carbocycles. The van der Waals surface area contributed by atoms with Crippen LogP contribution in [0.1, 0.15) is 13.2 Å². The molecule has 11 nitrogen and oxygen atoms in total. The summed E-state index contributed by atoms with van der Waals surface area (Å²) < 4.78 is 18.7. The molecule has 1 fully saturated rings. The number of nitrogens with one attached hydrogen (secondary N) is 1. The van der Waals surface area contributed by atoms with E-state index in [1.165, 1.54) is 17.8 Å². The summed E-state index contributed by atoms with van der Waals surface area (Å²) in [6, 6.07) is 13.6. The number of aliphatic hydroxyl groups is 2. The molecule has 1 aliphatic rings. The molecular formula is C21H22N5O6P. The maximum Gasteiger partial charge on any atom is 0.280 e. The number of aliphatic hydroxyl groups excluding tert-OH is 1. The Hall–Kier alpha value is -3.08. The largest absolute Gasteiger partial charge is 0.449 e. The number of ether oxygens (including phenoxy) is 1. The number of anilines is 1. The molecule has 5 atom stereocenters. The van der Waals surface area contributed by atoms with E-state index in [9.17, 15) is 15.0 Å². The van der Waals surface area contributed by atoms with Crippen molar-refractivity contribution >= 4 is 36.9 Å². The lowest BCUT2D eigenvalue weighted by Crippen LogP contribution is -2.44. The van der Waals surface area contributed by atoms with Gasteiger partial charge in [-0.2, -0.15) is 4.98 Å². The minimum Gasteiger partial charge on any atom is -0.449 e. The highest BCUT2D eigenvalue weighted by atomic mass is 31.1. The van der Waals surface area contributed by atoms with Gasteiger partial charge in [-0.3, -0.25) is 14.3 Å². The normalized spacial score (nSPS) is 25.5. The van der Waals surface area contributed by atoms with Crippen molar-refractivity contribution in [2.24, 2.45) is 0 Å². The highest BCUT2D eigenvalue weighted by Crippen LogP contribution is 2.40. The summed E-state index contributed by atoms with van der Waals surface area (Å²) in [7, 11) is -0.349. The zero-order valence-electron chi connectivity index (χ0n) is 17.5. The van der Waals surface area contributed by atoms with Gasteiger partial charge in [0.2, 0.25) is 15.0 Å². The van der Waals surface area contributed by atoms with E-state index in [-0.39, 0.29) is 32.8 Å². The fourth-order valence-electron chi connectivity index (χ4n) is 3.97. The molecule has 33 heavy (non-hydrogen) atoms. The van der Waals surface area contributed by atoms with Crippen LogP contribution < -0.4 is 15.8 Å². The van der Waals surface area contributed by atoms with Crippen LogP contribution in [0.3, 0.4) is 0 Å². The Kier molecular flexibility index (Phi) is 5.51. The van der Waals surface area contributed by atoms with E-state index in [1.54, 1.807) is 0 Å². The molecule has 1 aliphatic heterocycles. The van der Waals surface area contributed by atoms with Gasteiger partial charge < -0.3 is 29.7 Å². The second-order valence-corrected chi connectivity index (χ2v) is 8.61. The first-order valence-electron chi connectivity index (χ1n) is 10.2. The van der Waals surface area contributed by atoms with Gasteiger partial charge in [0.25, 0.3) is 5.56 Å². The molecule has 172 valence electrons. The van der Waals surface area contributed by atoms with E-state index >= 15 is 0 Å². The summed E-state index contributed by atoms with van der Waals surface area (Å²) in [6.45, 7) is 1.40.